The van der Waals surface area contributed by atoms with E-state index in [1.54, 1.807) is 31.3 Å². The van der Waals surface area contributed by atoms with E-state index in [1.807, 2.05) is 35.0 Å². The first-order valence-electron chi connectivity index (χ1n) is 10.8. The van der Waals surface area contributed by atoms with E-state index in [1.165, 1.54) is 12.1 Å². The number of hydrogen-bond donors (Lipinski definition) is 1. The van der Waals surface area contributed by atoms with Crippen LogP contribution in [0.2, 0.25) is 0 Å². The number of likely N-dealkylation sites (N-methyl/N-ethyl adjacent to an activating group) is 1. The number of non-ortho nitro benzene ring substituents is 1. The SMILES string of the molecule is CC1=C(C(=O)OCC[N+](C)(C)C)C(c2cccc([N+](=O)[O-])c2)c2c(ccnc2OC(C)C)N1. The molecule has 0 saturated carbocycles. The fraction of sp³-hybridized carbons (Fsp3) is 0.417. The Balaban J connectivity index is 2.13. The molecule has 0 aliphatic carbocycles. The standard InChI is InChI=1S/C24H30N4O5/c1-15(2)33-23-22-19(10-11-25-23)26-16(3)20(24(29)32-13-12-28(4,5)6)21(22)17-8-7-9-18(14-17)27(30)31/h7-11,14-15,21H,12-13H2,1-6H3/p+1. The van der Waals surface area contributed by atoms with E-state index in [4.69, 9.17) is 9.47 Å². The summed E-state index contributed by atoms with van der Waals surface area (Å²) in [6.07, 6.45) is 1.48. The minimum absolute atomic E-state index is 0.0572. The topological polar surface area (TPSA) is 104 Å². The van der Waals surface area contributed by atoms with Crippen molar-refractivity contribution in [2.24, 2.45) is 0 Å². The molecule has 0 saturated heterocycles. The van der Waals surface area contributed by atoms with Gasteiger partial charge in [0.15, 0.2) is 0 Å². The maximum atomic E-state index is 13.3. The van der Waals surface area contributed by atoms with Crippen molar-refractivity contribution in [3.05, 3.63) is 69.0 Å². The van der Waals surface area contributed by atoms with Crippen LogP contribution in [0, 0.1) is 10.1 Å². The molecule has 1 aromatic heterocycles. The van der Waals surface area contributed by atoms with E-state index in [-0.39, 0.29) is 18.4 Å². The predicted molar refractivity (Wildman–Crippen MR) is 125 cm³/mol. The number of carbonyl (C=O) groups excluding carboxylic acids is 1. The van der Waals surface area contributed by atoms with Gasteiger partial charge >= 0.3 is 5.97 Å². The smallest absolute Gasteiger partial charge is 0.336 e. The van der Waals surface area contributed by atoms with Crippen LogP contribution in [0.1, 0.15) is 37.8 Å². The number of nitrogens with one attached hydrogen (secondary N) is 1. The van der Waals surface area contributed by atoms with Crippen molar-refractivity contribution in [1.29, 1.82) is 0 Å². The molecule has 3 rings (SSSR count). The number of fused-ring (bicyclic) bond motifs is 1. The van der Waals surface area contributed by atoms with Crippen molar-refractivity contribution in [1.82, 2.24) is 4.98 Å². The summed E-state index contributed by atoms with van der Waals surface area (Å²) in [6, 6.07) is 8.10. The Morgan fingerprint density at radius 2 is 2.00 bits per heavy atom. The van der Waals surface area contributed by atoms with E-state index >= 15 is 0 Å². The molecule has 33 heavy (non-hydrogen) atoms. The third-order valence-electron chi connectivity index (χ3n) is 5.23. The van der Waals surface area contributed by atoms with Crippen LogP contribution < -0.4 is 10.1 Å². The largest absolute Gasteiger partial charge is 0.475 e. The lowest BCUT2D eigenvalue weighted by Gasteiger charge is -2.31. The van der Waals surface area contributed by atoms with Crippen LogP contribution in [0.3, 0.4) is 0 Å². The number of carbonyl (C=O) groups is 1. The molecular formula is C24H31N4O5+. The van der Waals surface area contributed by atoms with Gasteiger partial charge in [0.25, 0.3) is 5.69 Å². The van der Waals surface area contributed by atoms with Gasteiger partial charge in [0.2, 0.25) is 5.88 Å². The number of aromatic nitrogens is 1. The molecule has 0 radical (unpaired) electrons. The lowest BCUT2D eigenvalue weighted by Crippen LogP contribution is -2.38. The molecule has 1 aliphatic rings. The highest BCUT2D eigenvalue weighted by molar-refractivity contribution is 5.95. The fourth-order valence-electron chi connectivity index (χ4n) is 3.70. The fourth-order valence-corrected chi connectivity index (χ4v) is 3.70. The lowest BCUT2D eigenvalue weighted by molar-refractivity contribution is -0.870. The van der Waals surface area contributed by atoms with Gasteiger partial charge < -0.3 is 19.3 Å². The van der Waals surface area contributed by atoms with E-state index < -0.39 is 16.8 Å². The quantitative estimate of drug-likeness (QED) is 0.279. The summed E-state index contributed by atoms with van der Waals surface area (Å²) in [7, 11) is 6.05. The van der Waals surface area contributed by atoms with Crippen molar-refractivity contribution in [3.63, 3.8) is 0 Å². The minimum Gasteiger partial charge on any atom is -0.475 e. The second-order valence-electron chi connectivity index (χ2n) is 9.34. The Morgan fingerprint density at radius 3 is 2.64 bits per heavy atom. The zero-order valence-corrected chi connectivity index (χ0v) is 19.9. The number of anilines is 1. The first-order valence-corrected chi connectivity index (χ1v) is 10.8. The number of nitro groups is 1. The number of rotatable bonds is 8. The van der Waals surface area contributed by atoms with Crippen molar-refractivity contribution in [3.8, 4) is 5.88 Å². The average Bonchev–Trinajstić information content (AvgIpc) is 2.71. The van der Waals surface area contributed by atoms with Gasteiger partial charge in [-0.3, -0.25) is 10.1 Å². The summed E-state index contributed by atoms with van der Waals surface area (Å²) >= 11 is 0. The van der Waals surface area contributed by atoms with Gasteiger partial charge in [-0.15, -0.1) is 0 Å². The third-order valence-corrected chi connectivity index (χ3v) is 5.23. The molecule has 0 spiro atoms. The number of pyridine rings is 1. The Bertz CT molecular complexity index is 1090. The van der Waals surface area contributed by atoms with Crippen LogP contribution in [-0.2, 0) is 9.53 Å². The maximum absolute atomic E-state index is 13.3. The summed E-state index contributed by atoms with van der Waals surface area (Å²) < 4.78 is 12.3. The molecule has 9 nitrogen and oxygen atoms in total. The van der Waals surface area contributed by atoms with Crippen LogP contribution in [-0.4, -0.2) is 60.8 Å². The molecule has 1 unspecified atom stereocenters. The van der Waals surface area contributed by atoms with Crippen LogP contribution in [0.15, 0.2) is 47.8 Å². The number of benzene rings is 1. The summed E-state index contributed by atoms with van der Waals surface area (Å²) in [5.41, 5.74) is 2.92. The van der Waals surface area contributed by atoms with Gasteiger partial charge in [0, 0.05) is 35.3 Å². The molecule has 2 heterocycles. The number of esters is 1. The predicted octanol–water partition coefficient (Wildman–Crippen LogP) is 3.86. The first-order chi connectivity index (χ1) is 15.5. The van der Waals surface area contributed by atoms with E-state index in [2.05, 4.69) is 10.3 Å². The Labute approximate surface area is 193 Å². The summed E-state index contributed by atoms with van der Waals surface area (Å²) in [5, 5.41) is 14.7. The number of ether oxygens (including phenoxy) is 2. The molecule has 0 fully saturated rings. The highest BCUT2D eigenvalue weighted by Crippen LogP contribution is 2.46. The van der Waals surface area contributed by atoms with Gasteiger partial charge in [0.1, 0.15) is 13.2 Å². The summed E-state index contributed by atoms with van der Waals surface area (Å²) in [6.45, 7) is 6.47. The summed E-state index contributed by atoms with van der Waals surface area (Å²) in [5.74, 6) is -0.745. The lowest BCUT2D eigenvalue weighted by atomic mass is 9.81. The van der Waals surface area contributed by atoms with Crippen LogP contribution in [0.25, 0.3) is 0 Å². The maximum Gasteiger partial charge on any atom is 0.336 e. The van der Waals surface area contributed by atoms with E-state index in [0.29, 0.717) is 39.3 Å². The number of allylic oxidation sites excluding steroid dienone is 1. The molecule has 1 atom stereocenters. The molecular weight excluding hydrogens is 424 g/mol. The average molecular weight is 456 g/mol. The number of nitro benzene ring substituents is 1. The minimum atomic E-state index is -0.639. The third kappa shape index (κ3) is 5.67. The summed E-state index contributed by atoms with van der Waals surface area (Å²) in [4.78, 5) is 28.7. The zero-order chi connectivity index (χ0) is 24.3. The molecule has 1 aromatic carbocycles. The van der Waals surface area contributed by atoms with Gasteiger partial charge in [-0.25, -0.2) is 9.78 Å². The molecule has 0 amide bonds. The van der Waals surface area contributed by atoms with E-state index in [0.717, 1.165) is 5.69 Å². The molecule has 9 heteroatoms. The highest BCUT2D eigenvalue weighted by atomic mass is 16.6. The van der Waals surface area contributed by atoms with E-state index in [9.17, 15) is 14.9 Å². The molecule has 2 aromatic rings. The van der Waals surface area contributed by atoms with Crippen molar-refractivity contribution < 1.29 is 23.7 Å². The van der Waals surface area contributed by atoms with Crippen LogP contribution in [0.5, 0.6) is 5.88 Å². The van der Waals surface area contributed by atoms with Gasteiger partial charge in [-0.1, -0.05) is 12.1 Å². The van der Waals surface area contributed by atoms with Crippen molar-refractivity contribution in [2.45, 2.75) is 32.8 Å². The monoisotopic (exact) mass is 455 g/mol. The number of quaternary nitrogens is 1. The second kappa shape index (κ2) is 9.58. The Kier molecular flexibility index (Phi) is 7.02. The van der Waals surface area contributed by atoms with Crippen molar-refractivity contribution >= 4 is 17.3 Å². The number of hydrogen-bond acceptors (Lipinski definition) is 7. The first kappa shape index (κ1) is 24.2. The normalized spacial score (nSPS) is 15.7. The Hall–Kier alpha value is -3.46. The molecule has 0 bridgehead atoms. The van der Waals surface area contributed by atoms with Gasteiger partial charge in [-0.05, 0) is 32.4 Å². The van der Waals surface area contributed by atoms with Crippen LogP contribution in [0.4, 0.5) is 11.4 Å². The second-order valence-corrected chi connectivity index (χ2v) is 9.34. The Morgan fingerprint density at radius 1 is 1.27 bits per heavy atom. The van der Waals surface area contributed by atoms with Crippen LogP contribution >= 0.6 is 0 Å². The molecule has 176 valence electrons. The van der Waals surface area contributed by atoms with Gasteiger partial charge in [0.05, 0.1) is 43.7 Å². The molecule has 1 N–H and O–H groups in total. The van der Waals surface area contributed by atoms with Gasteiger partial charge in [-0.2, -0.15) is 0 Å². The zero-order valence-electron chi connectivity index (χ0n) is 19.9. The highest BCUT2D eigenvalue weighted by Gasteiger charge is 2.37. The molecule has 1 aliphatic heterocycles. The number of nitrogens with zero attached hydrogens (tertiary/aromatic N) is 3. The van der Waals surface area contributed by atoms with Crippen molar-refractivity contribution in [2.75, 3.05) is 39.6 Å².